The zero-order valence-corrected chi connectivity index (χ0v) is 14.1. The minimum Gasteiger partial charge on any atom is -0.469 e. The number of carbonyl (C=O) groups excluding carboxylic acids is 1. The molecule has 2 aliphatic rings. The maximum Gasteiger partial charge on any atom is 0.226 e. The Morgan fingerprint density at radius 3 is 2.96 bits per heavy atom. The van der Waals surface area contributed by atoms with Crippen molar-refractivity contribution in [2.45, 2.75) is 38.1 Å². The van der Waals surface area contributed by atoms with Crippen LogP contribution in [0.5, 0.6) is 0 Å². The number of hydrogen-bond donors (Lipinski definition) is 0. The molecule has 0 unspecified atom stereocenters. The van der Waals surface area contributed by atoms with Gasteiger partial charge in [-0.3, -0.25) is 9.48 Å². The number of furan rings is 1. The quantitative estimate of drug-likeness (QED) is 0.864. The highest BCUT2D eigenvalue weighted by atomic mass is 35.5. The number of amides is 1. The van der Waals surface area contributed by atoms with Crippen LogP contribution < -0.4 is 0 Å². The summed E-state index contributed by atoms with van der Waals surface area (Å²) in [5.41, 5.74) is 1.93. The van der Waals surface area contributed by atoms with Crippen LogP contribution in [0, 0.1) is 12.8 Å². The minimum absolute atomic E-state index is 0.0532. The lowest BCUT2D eigenvalue weighted by Crippen LogP contribution is -2.32. The van der Waals surface area contributed by atoms with Gasteiger partial charge in [0.05, 0.1) is 18.0 Å². The molecule has 4 rings (SSSR count). The maximum absolute atomic E-state index is 12.9. The van der Waals surface area contributed by atoms with Crippen LogP contribution in [0.3, 0.4) is 0 Å². The highest BCUT2D eigenvalue weighted by Gasteiger charge is 2.49. The van der Waals surface area contributed by atoms with Gasteiger partial charge in [0.1, 0.15) is 10.9 Å². The van der Waals surface area contributed by atoms with Gasteiger partial charge in [0, 0.05) is 31.0 Å². The van der Waals surface area contributed by atoms with Gasteiger partial charge in [-0.05, 0) is 38.3 Å². The lowest BCUT2D eigenvalue weighted by atomic mass is 10.1. The number of nitrogens with zero attached hydrogens (tertiary/aromatic N) is 3. The van der Waals surface area contributed by atoms with Crippen LogP contribution in [0.25, 0.3) is 0 Å². The third-order valence-electron chi connectivity index (χ3n) is 5.08. The van der Waals surface area contributed by atoms with Crippen molar-refractivity contribution in [3.8, 4) is 0 Å². The number of carbonyl (C=O) groups is 1. The number of rotatable bonds is 3. The van der Waals surface area contributed by atoms with Crippen LogP contribution in [-0.4, -0.2) is 27.1 Å². The fraction of sp³-hybridized carbons (Fsp3) is 0.529. The van der Waals surface area contributed by atoms with Gasteiger partial charge < -0.3 is 9.32 Å². The Hall–Kier alpha value is -1.75. The van der Waals surface area contributed by atoms with E-state index in [-0.39, 0.29) is 23.8 Å². The van der Waals surface area contributed by atoms with E-state index < -0.39 is 0 Å². The van der Waals surface area contributed by atoms with Crippen LogP contribution in [0.4, 0.5) is 0 Å². The van der Waals surface area contributed by atoms with E-state index in [1.807, 2.05) is 31.0 Å². The van der Waals surface area contributed by atoms with Crippen LogP contribution in [-0.2, 0) is 11.8 Å². The van der Waals surface area contributed by atoms with Gasteiger partial charge in [0.2, 0.25) is 5.91 Å². The summed E-state index contributed by atoms with van der Waals surface area (Å²) in [6, 6.07) is 3.90. The molecule has 1 amide bonds. The summed E-state index contributed by atoms with van der Waals surface area (Å²) in [6.07, 6.45) is 4.53. The second-order valence-corrected chi connectivity index (χ2v) is 6.93. The van der Waals surface area contributed by atoms with E-state index in [9.17, 15) is 4.79 Å². The largest absolute Gasteiger partial charge is 0.469 e. The molecule has 23 heavy (non-hydrogen) atoms. The minimum atomic E-state index is 0.0532. The Labute approximate surface area is 140 Å². The molecule has 5 nitrogen and oxygen atoms in total. The first-order valence-corrected chi connectivity index (χ1v) is 8.48. The zero-order chi connectivity index (χ0) is 16.1. The normalized spacial score (nSPS) is 26.7. The molecule has 3 heterocycles. The van der Waals surface area contributed by atoms with E-state index in [1.165, 1.54) is 0 Å². The molecule has 1 aliphatic carbocycles. The molecule has 0 N–H and O–H groups in total. The molecule has 0 radical (unpaired) electrons. The van der Waals surface area contributed by atoms with Gasteiger partial charge in [-0.15, -0.1) is 0 Å². The van der Waals surface area contributed by atoms with Crippen molar-refractivity contribution in [1.29, 1.82) is 0 Å². The molecular weight excluding hydrogens is 314 g/mol. The van der Waals surface area contributed by atoms with Crippen molar-refractivity contribution in [2.24, 2.45) is 13.0 Å². The van der Waals surface area contributed by atoms with Gasteiger partial charge in [-0.1, -0.05) is 11.6 Å². The number of aryl methyl sites for hydroxylation is 2. The Bertz CT molecular complexity index is 737. The van der Waals surface area contributed by atoms with E-state index in [1.54, 1.807) is 10.9 Å². The third-order valence-corrected chi connectivity index (χ3v) is 5.53. The summed E-state index contributed by atoms with van der Waals surface area (Å²) in [5.74, 6) is 1.45. The predicted octanol–water partition coefficient (Wildman–Crippen LogP) is 3.44. The van der Waals surface area contributed by atoms with Crippen molar-refractivity contribution in [3.05, 3.63) is 40.6 Å². The number of halogens is 1. The second kappa shape index (κ2) is 5.41. The lowest BCUT2D eigenvalue weighted by molar-refractivity contribution is -0.133. The summed E-state index contributed by atoms with van der Waals surface area (Å²) < 4.78 is 7.14. The molecule has 0 spiro atoms. The second-order valence-electron chi connectivity index (χ2n) is 6.57. The summed E-state index contributed by atoms with van der Waals surface area (Å²) in [6.45, 7) is 2.76. The molecule has 0 bridgehead atoms. The molecule has 1 saturated heterocycles. The number of hydrogen-bond acceptors (Lipinski definition) is 3. The first-order chi connectivity index (χ1) is 11.1. The molecule has 2 aromatic heterocycles. The van der Waals surface area contributed by atoms with Gasteiger partial charge in [0.15, 0.2) is 0 Å². The van der Waals surface area contributed by atoms with Gasteiger partial charge in [-0.25, -0.2) is 0 Å². The van der Waals surface area contributed by atoms with Crippen molar-refractivity contribution < 1.29 is 9.21 Å². The van der Waals surface area contributed by atoms with E-state index in [0.29, 0.717) is 5.15 Å². The van der Waals surface area contributed by atoms with E-state index in [0.717, 1.165) is 42.8 Å². The Kier molecular flexibility index (Phi) is 3.48. The van der Waals surface area contributed by atoms with Crippen molar-refractivity contribution in [2.75, 3.05) is 6.54 Å². The monoisotopic (exact) mass is 333 g/mol. The molecule has 2 aromatic rings. The Balaban J connectivity index is 1.55. The number of aromatic nitrogens is 2. The predicted molar refractivity (Wildman–Crippen MR) is 86.2 cm³/mol. The highest BCUT2D eigenvalue weighted by Crippen LogP contribution is 2.50. The molecule has 2 fully saturated rings. The summed E-state index contributed by atoms with van der Waals surface area (Å²) >= 11 is 6.42. The number of likely N-dealkylation sites (tertiary alicyclic amines) is 1. The van der Waals surface area contributed by atoms with Crippen molar-refractivity contribution in [1.82, 2.24) is 14.7 Å². The van der Waals surface area contributed by atoms with E-state index >= 15 is 0 Å². The molecule has 122 valence electrons. The highest BCUT2D eigenvalue weighted by molar-refractivity contribution is 6.30. The van der Waals surface area contributed by atoms with Gasteiger partial charge in [0.25, 0.3) is 0 Å². The fourth-order valence-corrected chi connectivity index (χ4v) is 4.15. The first-order valence-electron chi connectivity index (χ1n) is 8.10. The Morgan fingerprint density at radius 1 is 1.48 bits per heavy atom. The molecule has 1 saturated carbocycles. The Morgan fingerprint density at radius 2 is 2.30 bits per heavy atom. The lowest BCUT2D eigenvalue weighted by Gasteiger charge is -2.25. The van der Waals surface area contributed by atoms with E-state index in [2.05, 4.69) is 5.10 Å². The summed E-state index contributed by atoms with van der Waals surface area (Å²) in [5, 5.41) is 5.04. The topological polar surface area (TPSA) is 51.3 Å². The van der Waals surface area contributed by atoms with Crippen molar-refractivity contribution in [3.63, 3.8) is 0 Å². The molecule has 0 aromatic carbocycles. The molecule has 6 heteroatoms. The van der Waals surface area contributed by atoms with Gasteiger partial charge >= 0.3 is 0 Å². The average molecular weight is 334 g/mol. The zero-order valence-electron chi connectivity index (χ0n) is 13.3. The molecule has 3 atom stereocenters. The van der Waals surface area contributed by atoms with Crippen LogP contribution in [0.15, 0.2) is 22.8 Å². The SMILES string of the molecule is Cc1nn(C)c(Cl)c1[C@@H]1CCCN1C(=O)[C@H]1C[C@H]1c1ccco1. The summed E-state index contributed by atoms with van der Waals surface area (Å²) in [4.78, 5) is 14.9. The first kappa shape index (κ1) is 14.8. The molecular formula is C17H20ClN3O2. The third kappa shape index (κ3) is 2.38. The molecule has 1 aliphatic heterocycles. The smallest absolute Gasteiger partial charge is 0.226 e. The average Bonchev–Trinajstić information content (AvgIpc) is 2.90. The summed E-state index contributed by atoms with van der Waals surface area (Å²) in [7, 11) is 1.84. The van der Waals surface area contributed by atoms with Gasteiger partial charge in [-0.2, -0.15) is 5.10 Å². The fourth-order valence-electron chi connectivity index (χ4n) is 3.85. The van der Waals surface area contributed by atoms with E-state index in [4.69, 9.17) is 16.0 Å². The van der Waals surface area contributed by atoms with Crippen molar-refractivity contribution >= 4 is 17.5 Å². The van der Waals surface area contributed by atoms with Crippen LogP contribution in [0.1, 0.15) is 48.2 Å². The maximum atomic E-state index is 12.9. The standard InChI is InChI=1S/C17H20ClN3O2/c1-10-15(16(18)20(2)19-10)13-5-3-7-21(13)17(22)12-9-11(12)14-6-4-8-23-14/h4,6,8,11-13H,3,5,7,9H2,1-2H3/t11-,12+,13+/m1/s1. The van der Waals surface area contributed by atoms with Crippen LogP contribution in [0.2, 0.25) is 5.15 Å². The van der Waals surface area contributed by atoms with Crippen LogP contribution >= 0.6 is 11.6 Å².